The number of nitrogens with one attached hydrogen (secondary N) is 1. The van der Waals surface area contributed by atoms with Gasteiger partial charge in [-0.15, -0.1) is 0 Å². The highest BCUT2D eigenvalue weighted by Gasteiger charge is 2.25. The molecular formula is C17H26BrN3O. The minimum atomic E-state index is -0.394. The Morgan fingerprint density at radius 2 is 2.14 bits per heavy atom. The zero-order valence-corrected chi connectivity index (χ0v) is 15.0. The first kappa shape index (κ1) is 17.3. The quantitative estimate of drug-likeness (QED) is 0.812. The van der Waals surface area contributed by atoms with Crippen LogP contribution in [-0.4, -0.2) is 31.6 Å². The molecule has 0 bridgehead atoms. The molecule has 1 fully saturated rings. The number of amides is 1. The van der Waals surface area contributed by atoms with E-state index < -0.39 is 6.04 Å². The standard InChI is InChI=1S/C17H26BrN3O/c1-3-12(2)16(19)17(22)20-10-13-8-9-21(11-13)15-6-4-14(18)5-7-15/h4-7,12-13,16H,3,8-11,19H2,1-2H3,(H,20,22). The average Bonchev–Trinajstić information content (AvgIpc) is 3.00. The van der Waals surface area contributed by atoms with Gasteiger partial charge in [-0.2, -0.15) is 0 Å². The smallest absolute Gasteiger partial charge is 0.237 e. The maximum absolute atomic E-state index is 12.0. The lowest BCUT2D eigenvalue weighted by molar-refractivity contribution is -0.123. The van der Waals surface area contributed by atoms with Crippen LogP contribution >= 0.6 is 15.9 Å². The van der Waals surface area contributed by atoms with Crippen LogP contribution in [0.3, 0.4) is 0 Å². The van der Waals surface area contributed by atoms with Crippen molar-refractivity contribution in [2.45, 2.75) is 32.7 Å². The normalized spacial score (nSPS) is 20.7. The Bertz CT molecular complexity index is 491. The first-order chi connectivity index (χ1) is 10.5. The maximum atomic E-state index is 12.0. The number of nitrogens with two attached hydrogens (primary N) is 1. The molecule has 0 radical (unpaired) electrons. The second kappa shape index (κ2) is 7.97. The van der Waals surface area contributed by atoms with Crippen LogP contribution in [0, 0.1) is 11.8 Å². The minimum Gasteiger partial charge on any atom is -0.371 e. The van der Waals surface area contributed by atoms with E-state index in [2.05, 4.69) is 57.3 Å². The predicted octanol–water partition coefficient (Wildman–Crippen LogP) is 2.77. The van der Waals surface area contributed by atoms with Gasteiger partial charge in [-0.25, -0.2) is 0 Å². The average molecular weight is 368 g/mol. The molecule has 0 aliphatic carbocycles. The zero-order chi connectivity index (χ0) is 16.1. The van der Waals surface area contributed by atoms with Crippen molar-refractivity contribution in [3.8, 4) is 0 Å². The fourth-order valence-electron chi connectivity index (χ4n) is 2.76. The summed E-state index contributed by atoms with van der Waals surface area (Å²) >= 11 is 3.46. The number of benzene rings is 1. The number of hydrogen-bond donors (Lipinski definition) is 2. The largest absolute Gasteiger partial charge is 0.371 e. The van der Waals surface area contributed by atoms with Gasteiger partial charge in [0.15, 0.2) is 0 Å². The predicted molar refractivity (Wildman–Crippen MR) is 94.9 cm³/mol. The van der Waals surface area contributed by atoms with Gasteiger partial charge in [0.05, 0.1) is 6.04 Å². The van der Waals surface area contributed by atoms with Gasteiger partial charge in [-0.05, 0) is 42.5 Å². The van der Waals surface area contributed by atoms with E-state index in [1.165, 1.54) is 5.69 Å². The Hall–Kier alpha value is -1.07. The number of nitrogens with zero attached hydrogens (tertiary/aromatic N) is 1. The molecule has 0 spiro atoms. The lowest BCUT2D eigenvalue weighted by Crippen LogP contribution is -2.46. The lowest BCUT2D eigenvalue weighted by atomic mass is 9.99. The summed E-state index contributed by atoms with van der Waals surface area (Å²) in [4.78, 5) is 14.4. The van der Waals surface area contributed by atoms with Crippen LogP contribution in [0.1, 0.15) is 26.7 Å². The van der Waals surface area contributed by atoms with Crippen molar-refractivity contribution in [3.05, 3.63) is 28.7 Å². The molecule has 1 aromatic rings. The lowest BCUT2D eigenvalue weighted by Gasteiger charge is -2.20. The molecule has 2 rings (SSSR count). The summed E-state index contributed by atoms with van der Waals surface area (Å²) in [6.07, 6.45) is 2.03. The summed E-state index contributed by atoms with van der Waals surface area (Å²) in [6.45, 7) is 6.83. The number of rotatable bonds is 6. The molecule has 3 atom stereocenters. The molecule has 1 aliphatic heterocycles. The van der Waals surface area contributed by atoms with Crippen molar-refractivity contribution < 1.29 is 4.79 Å². The van der Waals surface area contributed by atoms with Crippen LogP contribution in [0.15, 0.2) is 28.7 Å². The summed E-state index contributed by atoms with van der Waals surface area (Å²) in [7, 11) is 0. The van der Waals surface area contributed by atoms with Gasteiger partial charge in [0.25, 0.3) is 0 Å². The van der Waals surface area contributed by atoms with Crippen molar-refractivity contribution in [1.82, 2.24) is 5.32 Å². The molecule has 4 nitrogen and oxygen atoms in total. The number of carbonyl (C=O) groups is 1. The van der Waals surface area contributed by atoms with Crippen LogP contribution in [0.2, 0.25) is 0 Å². The van der Waals surface area contributed by atoms with E-state index in [1.54, 1.807) is 0 Å². The molecule has 5 heteroatoms. The molecule has 1 heterocycles. The van der Waals surface area contributed by atoms with Gasteiger partial charge in [-0.3, -0.25) is 4.79 Å². The molecule has 3 unspecified atom stereocenters. The summed E-state index contributed by atoms with van der Waals surface area (Å²) < 4.78 is 1.10. The number of hydrogen-bond acceptors (Lipinski definition) is 3. The summed E-state index contributed by atoms with van der Waals surface area (Å²) in [6, 6.07) is 7.99. The Morgan fingerprint density at radius 1 is 1.45 bits per heavy atom. The SMILES string of the molecule is CCC(C)C(N)C(=O)NCC1CCN(c2ccc(Br)cc2)C1. The van der Waals surface area contributed by atoms with Crippen LogP contribution in [0.4, 0.5) is 5.69 Å². The van der Waals surface area contributed by atoms with E-state index in [0.29, 0.717) is 5.92 Å². The topological polar surface area (TPSA) is 58.4 Å². The van der Waals surface area contributed by atoms with E-state index in [1.807, 2.05) is 6.92 Å². The third-order valence-electron chi connectivity index (χ3n) is 4.60. The molecule has 22 heavy (non-hydrogen) atoms. The summed E-state index contributed by atoms with van der Waals surface area (Å²) in [5.41, 5.74) is 7.21. The van der Waals surface area contributed by atoms with Gasteiger partial charge in [0.2, 0.25) is 5.91 Å². The van der Waals surface area contributed by atoms with Gasteiger partial charge in [0, 0.05) is 29.8 Å². The monoisotopic (exact) mass is 367 g/mol. The van der Waals surface area contributed by atoms with Crippen molar-refractivity contribution in [1.29, 1.82) is 0 Å². The first-order valence-electron chi connectivity index (χ1n) is 8.05. The molecule has 1 aromatic carbocycles. The second-order valence-corrected chi connectivity index (χ2v) is 7.15. The Morgan fingerprint density at radius 3 is 2.77 bits per heavy atom. The fourth-order valence-corrected chi connectivity index (χ4v) is 3.03. The van der Waals surface area contributed by atoms with E-state index in [-0.39, 0.29) is 11.8 Å². The van der Waals surface area contributed by atoms with Crippen LogP contribution in [0.25, 0.3) is 0 Å². The molecule has 1 amide bonds. The molecule has 1 saturated heterocycles. The minimum absolute atomic E-state index is 0.0172. The van der Waals surface area contributed by atoms with E-state index in [4.69, 9.17) is 5.73 Å². The third kappa shape index (κ3) is 4.46. The van der Waals surface area contributed by atoms with Crippen molar-refractivity contribution >= 4 is 27.5 Å². The van der Waals surface area contributed by atoms with Gasteiger partial charge in [-0.1, -0.05) is 36.2 Å². The van der Waals surface area contributed by atoms with Crippen LogP contribution < -0.4 is 16.0 Å². The Kier molecular flexibility index (Phi) is 6.26. The van der Waals surface area contributed by atoms with Crippen LogP contribution in [-0.2, 0) is 4.79 Å². The fraction of sp³-hybridized carbons (Fsp3) is 0.588. The highest BCUT2D eigenvalue weighted by molar-refractivity contribution is 9.10. The molecule has 3 N–H and O–H groups in total. The molecule has 0 aromatic heterocycles. The molecule has 0 saturated carbocycles. The Balaban J connectivity index is 1.79. The highest BCUT2D eigenvalue weighted by Crippen LogP contribution is 2.25. The Labute approximate surface area is 141 Å². The molecule has 1 aliphatic rings. The van der Waals surface area contributed by atoms with Crippen LogP contribution in [0.5, 0.6) is 0 Å². The van der Waals surface area contributed by atoms with Gasteiger partial charge >= 0.3 is 0 Å². The number of anilines is 1. The molecular weight excluding hydrogens is 342 g/mol. The summed E-state index contributed by atoms with van der Waals surface area (Å²) in [5.74, 6) is 0.705. The number of carbonyl (C=O) groups excluding carboxylic acids is 1. The van der Waals surface area contributed by atoms with E-state index >= 15 is 0 Å². The third-order valence-corrected chi connectivity index (χ3v) is 5.13. The molecule has 122 valence electrons. The van der Waals surface area contributed by atoms with Gasteiger partial charge < -0.3 is 16.0 Å². The first-order valence-corrected chi connectivity index (χ1v) is 8.84. The maximum Gasteiger partial charge on any atom is 0.237 e. The summed E-state index contributed by atoms with van der Waals surface area (Å²) in [5, 5.41) is 3.02. The zero-order valence-electron chi connectivity index (χ0n) is 13.4. The second-order valence-electron chi connectivity index (χ2n) is 6.23. The van der Waals surface area contributed by atoms with Crippen molar-refractivity contribution in [2.75, 3.05) is 24.5 Å². The van der Waals surface area contributed by atoms with Gasteiger partial charge in [0.1, 0.15) is 0 Å². The highest BCUT2D eigenvalue weighted by atomic mass is 79.9. The van der Waals surface area contributed by atoms with Crippen molar-refractivity contribution in [3.63, 3.8) is 0 Å². The number of halogens is 1. The van der Waals surface area contributed by atoms with E-state index in [0.717, 1.165) is 36.9 Å². The van der Waals surface area contributed by atoms with Crippen molar-refractivity contribution in [2.24, 2.45) is 17.6 Å². The van der Waals surface area contributed by atoms with E-state index in [9.17, 15) is 4.79 Å².